The van der Waals surface area contributed by atoms with Crippen LogP contribution < -0.4 is 0 Å². The fraction of sp³-hybridized carbons (Fsp3) is 0.300. The van der Waals surface area contributed by atoms with Crippen LogP contribution in [0, 0.1) is 13.0 Å². The fourth-order valence-electron chi connectivity index (χ4n) is 0.978. The quantitative estimate of drug-likeness (QED) is 0.759. The molecule has 0 aliphatic heterocycles. The predicted molar refractivity (Wildman–Crippen MR) is 47.3 cm³/mol. The van der Waals surface area contributed by atoms with E-state index in [9.17, 15) is 4.79 Å². The van der Waals surface area contributed by atoms with Crippen molar-refractivity contribution in [1.82, 2.24) is 0 Å². The Kier molecular flexibility index (Phi) is 3.46. The lowest BCUT2D eigenvalue weighted by Gasteiger charge is -2.01. The maximum absolute atomic E-state index is 10.1. The number of aliphatic carboxylic acids is 1. The van der Waals surface area contributed by atoms with E-state index in [0.717, 1.165) is 11.1 Å². The number of rotatable bonds is 4. The minimum atomic E-state index is -0.951. The van der Waals surface area contributed by atoms with Gasteiger partial charge in [-0.15, -0.1) is 0 Å². The Morgan fingerprint density at radius 1 is 1.62 bits per heavy atom. The van der Waals surface area contributed by atoms with Crippen LogP contribution in [-0.2, 0) is 16.1 Å². The normalized spacial score (nSPS) is 9.92. The van der Waals surface area contributed by atoms with Crippen LogP contribution in [0.2, 0.25) is 0 Å². The second-order valence-corrected chi connectivity index (χ2v) is 2.75. The third-order valence-corrected chi connectivity index (χ3v) is 1.48. The van der Waals surface area contributed by atoms with Crippen molar-refractivity contribution in [2.75, 3.05) is 6.61 Å². The number of carboxylic acids is 1. The van der Waals surface area contributed by atoms with E-state index in [1.807, 2.05) is 25.1 Å². The van der Waals surface area contributed by atoms with Gasteiger partial charge in [-0.05, 0) is 24.1 Å². The third kappa shape index (κ3) is 3.71. The molecule has 0 atom stereocenters. The van der Waals surface area contributed by atoms with Gasteiger partial charge < -0.3 is 9.84 Å². The van der Waals surface area contributed by atoms with Crippen LogP contribution in [0.3, 0.4) is 0 Å². The Labute approximate surface area is 77.0 Å². The summed E-state index contributed by atoms with van der Waals surface area (Å²) in [7, 11) is 0. The topological polar surface area (TPSA) is 46.5 Å². The Balaban J connectivity index is 2.41. The van der Waals surface area contributed by atoms with Gasteiger partial charge >= 0.3 is 5.97 Å². The minimum absolute atomic E-state index is 0.262. The summed E-state index contributed by atoms with van der Waals surface area (Å²) in [5.41, 5.74) is 1.90. The number of ether oxygens (including phenoxy) is 1. The van der Waals surface area contributed by atoms with Crippen molar-refractivity contribution in [3.63, 3.8) is 0 Å². The van der Waals surface area contributed by atoms with Crippen molar-refractivity contribution < 1.29 is 14.6 Å². The van der Waals surface area contributed by atoms with E-state index in [2.05, 4.69) is 6.07 Å². The van der Waals surface area contributed by atoms with Crippen LogP contribution in [-0.4, -0.2) is 17.7 Å². The first-order chi connectivity index (χ1) is 6.18. The summed E-state index contributed by atoms with van der Waals surface area (Å²) in [4.78, 5) is 10.1. The number of carboxylic acid groups (broad SMARTS) is 1. The molecule has 3 heteroatoms. The first-order valence-corrected chi connectivity index (χ1v) is 3.96. The molecule has 0 fully saturated rings. The second-order valence-electron chi connectivity index (χ2n) is 2.75. The Bertz CT molecular complexity index is 294. The fourth-order valence-corrected chi connectivity index (χ4v) is 0.978. The first-order valence-electron chi connectivity index (χ1n) is 3.96. The average Bonchev–Trinajstić information content (AvgIpc) is 2.03. The molecule has 3 nitrogen and oxygen atoms in total. The van der Waals surface area contributed by atoms with Crippen LogP contribution >= 0.6 is 0 Å². The molecule has 0 aromatic heterocycles. The maximum atomic E-state index is 10.1. The smallest absolute Gasteiger partial charge is 0.329 e. The van der Waals surface area contributed by atoms with Gasteiger partial charge in [0.15, 0.2) is 0 Å². The lowest BCUT2D eigenvalue weighted by molar-refractivity contribution is -0.142. The van der Waals surface area contributed by atoms with Crippen molar-refractivity contribution >= 4 is 5.97 Å². The van der Waals surface area contributed by atoms with Crippen molar-refractivity contribution in [2.24, 2.45) is 0 Å². The average molecular weight is 179 g/mol. The van der Waals surface area contributed by atoms with E-state index in [4.69, 9.17) is 9.84 Å². The van der Waals surface area contributed by atoms with Gasteiger partial charge in [-0.25, -0.2) is 4.79 Å². The van der Waals surface area contributed by atoms with Crippen molar-refractivity contribution in [3.8, 4) is 0 Å². The molecule has 1 radical (unpaired) electrons. The van der Waals surface area contributed by atoms with Gasteiger partial charge in [0.1, 0.15) is 6.61 Å². The molecule has 1 N–H and O–H groups in total. The molecular formula is C10H11O3. The summed E-state index contributed by atoms with van der Waals surface area (Å²) in [5.74, 6) is -0.951. The van der Waals surface area contributed by atoms with Crippen LogP contribution in [0.5, 0.6) is 0 Å². The number of hydrogen-bond acceptors (Lipinski definition) is 2. The van der Waals surface area contributed by atoms with Gasteiger partial charge in [0.2, 0.25) is 0 Å². The van der Waals surface area contributed by atoms with Gasteiger partial charge in [-0.2, -0.15) is 0 Å². The molecule has 1 aromatic rings. The Morgan fingerprint density at radius 2 is 2.38 bits per heavy atom. The highest BCUT2D eigenvalue weighted by molar-refractivity contribution is 5.67. The minimum Gasteiger partial charge on any atom is -0.480 e. The van der Waals surface area contributed by atoms with Crippen molar-refractivity contribution in [1.29, 1.82) is 0 Å². The molecule has 69 valence electrons. The highest BCUT2D eigenvalue weighted by Gasteiger charge is 1.97. The second kappa shape index (κ2) is 4.62. The Morgan fingerprint density at radius 3 is 3.00 bits per heavy atom. The zero-order chi connectivity index (χ0) is 9.68. The van der Waals surface area contributed by atoms with Gasteiger partial charge in [0.25, 0.3) is 0 Å². The molecule has 0 aliphatic rings. The van der Waals surface area contributed by atoms with Gasteiger partial charge in [0, 0.05) is 0 Å². The summed E-state index contributed by atoms with van der Waals surface area (Å²) in [6.07, 6.45) is 0. The summed E-state index contributed by atoms with van der Waals surface area (Å²) >= 11 is 0. The summed E-state index contributed by atoms with van der Waals surface area (Å²) in [6, 6.07) is 8.74. The standard InChI is InChI=1S/C10H11O3/c1-8-3-2-4-9(5-8)6-13-7-10(11)12/h2-4H,6-7H2,1H3,(H,11,12). The molecule has 0 spiro atoms. The zero-order valence-corrected chi connectivity index (χ0v) is 7.41. The lowest BCUT2D eigenvalue weighted by Crippen LogP contribution is -2.06. The predicted octanol–water partition coefficient (Wildman–Crippen LogP) is 1.40. The maximum Gasteiger partial charge on any atom is 0.329 e. The molecule has 0 aliphatic carbocycles. The molecule has 0 unspecified atom stereocenters. The summed E-state index contributed by atoms with van der Waals surface area (Å²) in [6.45, 7) is 1.97. The van der Waals surface area contributed by atoms with Gasteiger partial charge in [0.05, 0.1) is 6.61 Å². The van der Waals surface area contributed by atoms with Crippen molar-refractivity contribution in [2.45, 2.75) is 13.5 Å². The van der Waals surface area contributed by atoms with Crippen LogP contribution in [0.1, 0.15) is 11.1 Å². The van der Waals surface area contributed by atoms with E-state index >= 15 is 0 Å². The van der Waals surface area contributed by atoms with E-state index in [0.29, 0.717) is 6.61 Å². The molecular weight excluding hydrogens is 168 g/mol. The molecule has 1 rings (SSSR count). The van der Waals surface area contributed by atoms with E-state index in [1.165, 1.54) is 0 Å². The van der Waals surface area contributed by atoms with E-state index < -0.39 is 5.97 Å². The van der Waals surface area contributed by atoms with Gasteiger partial charge in [-0.3, -0.25) is 0 Å². The molecule has 0 amide bonds. The molecule has 0 saturated carbocycles. The van der Waals surface area contributed by atoms with Crippen LogP contribution in [0.25, 0.3) is 0 Å². The number of carbonyl (C=O) groups is 1. The highest BCUT2D eigenvalue weighted by atomic mass is 16.5. The van der Waals surface area contributed by atoms with E-state index in [-0.39, 0.29) is 6.61 Å². The summed E-state index contributed by atoms with van der Waals surface area (Å²) in [5, 5.41) is 8.31. The molecule has 13 heavy (non-hydrogen) atoms. The largest absolute Gasteiger partial charge is 0.480 e. The molecule has 0 bridgehead atoms. The summed E-state index contributed by atoms with van der Waals surface area (Å²) < 4.78 is 4.91. The lowest BCUT2D eigenvalue weighted by atomic mass is 10.1. The third-order valence-electron chi connectivity index (χ3n) is 1.48. The number of benzene rings is 1. The SMILES string of the molecule is Cc1[c]c(COCC(=O)O)ccc1. The highest BCUT2D eigenvalue weighted by Crippen LogP contribution is 2.03. The van der Waals surface area contributed by atoms with Crippen LogP contribution in [0.15, 0.2) is 18.2 Å². The van der Waals surface area contributed by atoms with E-state index in [1.54, 1.807) is 0 Å². The van der Waals surface area contributed by atoms with Crippen molar-refractivity contribution in [3.05, 3.63) is 35.4 Å². The molecule has 0 heterocycles. The van der Waals surface area contributed by atoms with Crippen LogP contribution in [0.4, 0.5) is 0 Å². The first kappa shape index (κ1) is 9.74. The number of hydrogen-bond donors (Lipinski definition) is 1. The number of aryl methyl sites for hydroxylation is 1. The molecule has 0 saturated heterocycles. The Hall–Kier alpha value is -1.35. The zero-order valence-electron chi connectivity index (χ0n) is 7.41. The molecule has 1 aromatic carbocycles. The monoisotopic (exact) mass is 179 g/mol. The van der Waals surface area contributed by atoms with Gasteiger partial charge in [-0.1, -0.05) is 18.2 Å².